The summed E-state index contributed by atoms with van der Waals surface area (Å²) in [6.45, 7) is 0.579. The number of anilines is 1. The largest absolute Gasteiger partial charge is 0.497 e. The Labute approximate surface area is 127 Å². The van der Waals surface area contributed by atoms with Crippen LogP contribution < -0.4 is 10.1 Å². The first kappa shape index (κ1) is 15.1. The molecule has 1 N–H and O–H groups in total. The Hall–Kier alpha value is -2.27. The highest BCUT2D eigenvalue weighted by atomic mass is 35.5. The Bertz CT molecular complexity index is 629. The highest BCUT2D eigenvalue weighted by molar-refractivity contribution is 6.30. The van der Waals surface area contributed by atoms with E-state index in [1.54, 1.807) is 12.1 Å². The molecule has 0 aliphatic heterocycles. The molecule has 2 rings (SSSR count). The Morgan fingerprint density at radius 3 is 2.57 bits per heavy atom. The van der Waals surface area contributed by atoms with Crippen molar-refractivity contribution >= 4 is 23.0 Å². The van der Waals surface area contributed by atoms with Crippen LogP contribution >= 0.6 is 11.6 Å². The molecule has 0 saturated heterocycles. The van der Waals surface area contributed by atoms with Crippen LogP contribution in [-0.2, 0) is 6.42 Å². The molecule has 0 heterocycles. The van der Waals surface area contributed by atoms with Crippen LogP contribution in [0.15, 0.2) is 42.5 Å². The maximum absolute atomic E-state index is 11.0. The van der Waals surface area contributed by atoms with Gasteiger partial charge in [-0.1, -0.05) is 23.7 Å². The topological polar surface area (TPSA) is 64.4 Å². The molecule has 0 saturated carbocycles. The third kappa shape index (κ3) is 4.10. The molecule has 0 amide bonds. The fourth-order valence-corrected chi connectivity index (χ4v) is 2.06. The van der Waals surface area contributed by atoms with Crippen LogP contribution in [0.2, 0.25) is 5.02 Å². The smallest absolute Gasteiger partial charge is 0.292 e. The van der Waals surface area contributed by atoms with Gasteiger partial charge in [-0.05, 0) is 30.2 Å². The number of nitrogens with zero attached hydrogens (tertiary/aromatic N) is 1. The quantitative estimate of drug-likeness (QED) is 0.649. The van der Waals surface area contributed by atoms with E-state index in [0.29, 0.717) is 23.0 Å². The number of hydrogen-bond donors (Lipinski definition) is 1. The summed E-state index contributed by atoms with van der Waals surface area (Å²) in [6.07, 6.45) is 0.742. The minimum atomic E-state index is -0.413. The van der Waals surface area contributed by atoms with Crippen LogP contribution in [0.4, 0.5) is 11.4 Å². The van der Waals surface area contributed by atoms with Gasteiger partial charge in [-0.2, -0.15) is 0 Å². The van der Waals surface area contributed by atoms with Crippen molar-refractivity contribution < 1.29 is 9.66 Å². The van der Waals surface area contributed by atoms with Crippen LogP contribution in [0, 0.1) is 10.1 Å². The van der Waals surface area contributed by atoms with Gasteiger partial charge >= 0.3 is 0 Å². The van der Waals surface area contributed by atoms with Gasteiger partial charge in [-0.3, -0.25) is 10.1 Å². The normalized spacial score (nSPS) is 10.2. The van der Waals surface area contributed by atoms with Crippen molar-refractivity contribution in [3.63, 3.8) is 0 Å². The summed E-state index contributed by atoms with van der Waals surface area (Å²) in [5.74, 6) is 0.578. The Kier molecular flexibility index (Phi) is 5.00. The van der Waals surface area contributed by atoms with E-state index in [2.05, 4.69) is 5.32 Å². The number of hydrogen-bond acceptors (Lipinski definition) is 4. The maximum atomic E-state index is 11.0. The first-order chi connectivity index (χ1) is 10.1. The van der Waals surface area contributed by atoms with Gasteiger partial charge in [-0.15, -0.1) is 0 Å². The molecule has 2 aromatic rings. The minimum absolute atomic E-state index is 0.0342. The molecule has 5 nitrogen and oxygen atoms in total. The molecule has 0 spiro atoms. The second-order valence-corrected chi connectivity index (χ2v) is 4.88. The van der Waals surface area contributed by atoms with Crippen molar-refractivity contribution in [3.8, 4) is 5.75 Å². The maximum Gasteiger partial charge on any atom is 0.292 e. The average Bonchev–Trinajstić information content (AvgIpc) is 2.49. The fraction of sp³-hybridized carbons (Fsp3) is 0.200. The molecule has 2 aromatic carbocycles. The molecule has 0 fully saturated rings. The van der Waals surface area contributed by atoms with Crippen molar-refractivity contribution in [2.75, 3.05) is 19.0 Å². The molecule has 110 valence electrons. The second kappa shape index (κ2) is 6.95. The van der Waals surface area contributed by atoms with Crippen molar-refractivity contribution in [1.82, 2.24) is 0 Å². The molecule has 0 unspecified atom stereocenters. The predicted octanol–water partition coefficient (Wildman–Crippen LogP) is 3.91. The molecular formula is C15H15ClN2O3. The first-order valence-corrected chi connectivity index (χ1v) is 6.78. The lowest BCUT2D eigenvalue weighted by Gasteiger charge is -2.09. The third-order valence-corrected chi connectivity index (χ3v) is 3.29. The van der Waals surface area contributed by atoms with Crippen LogP contribution in [0.1, 0.15) is 5.56 Å². The number of methoxy groups -OCH3 is 1. The molecule has 6 heteroatoms. The van der Waals surface area contributed by atoms with Gasteiger partial charge in [0.15, 0.2) is 0 Å². The Balaban J connectivity index is 2.04. The van der Waals surface area contributed by atoms with Crippen molar-refractivity contribution in [2.45, 2.75) is 6.42 Å². The van der Waals surface area contributed by atoms with E-state index < -0.39 is 4.92 Å². The van der Waals surface area contributed by atoms with E-state index in [1.165, 1.54) is 13.2 Å². The Morgan fingerprint density at radius 1 is 1.24 bits per heavy atom. The molecular weight excluding hydrogens is 292 g/mol. The molecule has 0 aliphatic carbocycles. The number of nitro benzene ring substituents is 1. The number of halogens is 1. The lowest BCUT2D eigenvalue weighted by Crippen LogP contribution is -2.07. The third-order valence-electron chi connectivity index (χ3n) is 3.04. The van der Waals surface area contributed by atoms with Gasteiger partial charge in [0.1, 0.15) is 11.4 Å². The van der Waals surface area contributed by atoms with Gasteiger partial charge in [0, 0.05) is 23.7 Å². The summed E-state index contributed by atoms with van der Waals surface area (Å²) in [5.41, 5.74) is 1.60. The van der Waals surface area contributed by atoms with Crippen molar-refractivity contribution in [3.05, 3.63) is 63.2 Å². The second-order valence-electron chi connectivity index (χ2n) is 4.44. The number of nitro groups is 1. The summed E-state index contributed by atoms with van der Waals surface area (Å²) in [4.78, 5) is 10.6. The van der Waals surface area contributed by atoms with Crippen LogP contribution in [-0.4, -0.2) is 18.6 Å². The van der Waals surface area contributed by atoms with Gasteiger partial charge in [0.2, 0.25) is 0 Å². The van der Waals surface area contributed by atoms with E-state index in [4.69, 9.17) is 16.3 Å². The van der Waals surface area contributed by atoms with E-state index in [0.717, 1.165) is 12.0 Å². The minimum Gasteiger partial charge on any atom is -0.497 e. The van der Waals surface area contributed by atoms with Crippen molar-refractivity contribution in [2.24, 2.45) is 0 Å². The molecule has 0 aromatic heterocycles. The van der Waals surface area contributed by atoms with Gasteiger partial charge < -0.3 is 10.1 Å². The number of ether oxygens (including phenoxy) is 1. The standard InChI is InChI=1S/C15H15ClN2O3/c1-21-13-6-7-15(18(19)20)14(10-13)17-9-8-11-2-4-12(16)5-3-11/h2-7,10,17H,8-9H2,1H3. The van der Waals surface area contributed by atoms with E-state index in [9.17, 15) is 10.1 Å². The highest BCUT2D eigenvalue weighted by Gasteiger charge is 2.14. The summed E-state index contributed by atoms with van der Waals surface area (Å²) in [6, 6.07) is 12.1. The lowest BCUT2D eigenvalue weighted by molar-refractivity contribution is -0.384. The number of rotatable bonds is 6. The molecule has 0 radical (unpaired) electrons. The van der Waals surface area contributed by atoms with E-state index in [-0.39, 0.29) is 5.69 Å². The average molecular weight is 307 g/mol. The number of nitrogens with one attached hydrogen (secondary N) is 1. The zero-order valence-corrected chi connectivity index (χ0v) is 12.3. The van der Waals surface area contributed by atoms with Crippen molar-refractivity contribution in [1.29, 1.82) is 0 Å². The van der Waals surface area contributed by atoms with Gasteiger partial charge in [0.05, 0.1) is 12.0 Å². The Morgan fingerprint density at radius 2 is 1.95 bits per heavy atom. The monoisotopic (exact) mass is 306 g/mol. The summed E-state index contributed by atoms with van der Waals surface area (Å²) in [5, 5.41) is 14.8. The van der Waals surface area contributed by atoms with Crippen LogP contribution in [0.3, 0.4) is 0 Å². The molecule has 0 atom stereocenters. The zero-order valence-electron chi connectivity index (χ0n) is 11.5. The lowest BCUT2D eigenvalue weighted by atomic mass is 10.1. The van der Waals surface area contributed by atoms with E-state index in [1.807, 2.05) is 24.3 Å². The van der Waals surface area contributed by atoms with E-state index >= 15 is 0 Å². The molecule has 0 aliphatic rings. The summed E-state index contributed by atoms with van der Waals surface area (Å²) >= 11 is 5.83. The SMILES string of the molecule is COc1ccc([N+](=O)[O-])c(NCCc2ccc(Cl)cc2)c1. The van der Waals surface area contributed by atoms with Crippen LogP contribution in [0.25, 0.3) is 0 Å². The first-order valence-electron chi connectivity index (χ1n) is 6.41. The van der Waals surface area contributed by atoms with Crippen LogP contribution in [0.5, 0.6) is 5.75 Å². The van der Waals surface area contributed by atoms with Gasteiger partial charge in [-0.25, -0.2) is 0 Å². The van der Waals surface area contributed by atoms with Gasteiger partial charge in [0.25, 0.3) is 5.69 Å². The zero-order chi connectivity index (χ0) is 15.2. The predicted molar refractivity (Wildman–Crippen MR) is 83.3 cm³/mol. The fourth-order valence-electron chi connectivity index (χ4n) is 1.94. The molecule has 0 bridgehead atoms. The highest BCUT2D eigenvalue weighted by Crippen LogP contribution is 2.28. The number of benzene rings is 2. The summed E-state index contributed by atoms with van der Waals surface area (Å²) in [7, 11) is 1.53. The molecule has 21 heavy (non-hydrogen) atoms. The summed E-state index contributed by atoms with van der Waals surface area (Å²) < 4.78 is 5.09.